The summed E-state index contributed by atoms with van der Waals surface area (Å²) in [5.41, 5.74) is 0.689. The molecule has 0 bridgehead atoms. The van der Waals surface area contributed by atoms with Gasteiger partial charge in [0.05, 0.1) is 5.69 Å². The Bertz CT molecular complexity index is 833. The molecular formula is C19H25N5O2. The van der Waals surface area contributed by atoms with E-state index in [0.29, 0.717) is 48.1 Å². The van der Waals surface area contributed by atoms with Gasteiger partial charge in [-0.15, -0.1) is 0 Å². The van der Waals surface area contributed by atoms with Gasteiger partial charge >= 0.3 is 0 Å². The highest BCUT2D eigenvalue weighted by Crippen LogP contribution is 2.47. The van der Waals surface area contributed by atoms with Gasteiger partial charge in [0.2, 0.25) is 5.76 Å². The maximum absolute atomic E-state index is 13.0. The fourth-order valence-electron chi connectivity index (χ4n) is 4.21. The molecule has 26 heavy (non-hydrogen) atoms. The Morgan fingerprint density at radius 3 is 2.69 bits per heavy atom. The lowest BCUT2D eigenvalue weighted by atomic mass is 9.91. The maximum Gasteiger partial charge on any atom is 0.291 e. The lowest BCUT2D eigenvalue weighted by Crippen LogP contribution is -2.29. The molecule has 3 heterocycles. The number of aromatic amines is 1. The Kier molecular flexibility index (Phi) is 3.65. The third-order valence-corrected chi connectivity index (χ3v) is 6.03. The number of amides is 1. The average molecular weight is 355 g/mol. The van der Waals surface area contributed by atoms with Crippen LogP contribution in [0.4, 0.5) is 0 Å². The summed E-state index contributed by atoms with van der Waals surface area (Å²) in [7, 11) is 0. The van der Waals surface area contributed by atoms with Crippen molar-refractivity contribution in [1.82, 2.24) is 25.1 Å². The highest BCUT2D eigenvalue weighted by atomic mass is 16.4. The smallest absolute Gasteiger partial charge is 0.291 e. The first-order valence-electron chi connectivity index (χ1n) is 9.81. The molecule has 7 nitrogen and oxygen atoms in total. The van der Waals surface area contributed by atoms with Crippen molar-refractivity contribution >= 4 is 5.91 Å². The molecule has 1 N–H and O–H groups in total. The number of oxazole rings is 1. The van der Waals surface area contributed by atoms with Crippen LogP contribution in [0.15, 0.2) is 4.42 Å². The van der Waals surface area contributed by atoms with E-state index >= 15 is 0 Å². The molecule has 138 valence electrons. The van der Waals surface area contributed by atoms with Gasteiger partial charge in [-0.1, -0.05) is 6.92 Å². The van der Waals surface area contributed by atoms with E-state index in [4.69, 9.17) is 9.40 Å². The zero-order chi connectivity index (χ0) is 17.8. The van der Waals surface area contributed by atoms with Gasteiger partial charge in [0, 0.05) is 31.3 Å². The van der Waals surface area contributed by atoms with Crippen molar-refractivity contribution in [2.45, 2.75) is 57.8 Å². The molecule has 3 aliphatic rings. The summed E-state index contributed by atoms with van der Waals surface area (Å²) in [6, 6.07) is 0. The Hall–Kier alpha value is -2.18. The number of nitrogens with one attached hydrogen (secondary N) is 1. The summed E-state index contributed by atoms with van der Waals surface area (Å²) in [6.07, 6.45) is 5.61. The van der Waals surface area contributed by atoms with Crippen LogP contribution < -0.4 is 0 Å². The van der Waals surface area contributed by atoms with E-state index in [1.165, 1.54) is 25.7 Å². The van der Waals surface area contributed by atoms with Crippen LogP contribution in [0.5, 0.6) is 0 Å². The van der Waals surface area contributed by atoms with Crippen LogP contribution in [0.2, 0.25) is 0 Å². The van der Waals surface area contributed by atoms with Gasteiger partial charge in [-0.05, 0) is 44.4 Å². The largest absolute Gasteiger partial charge is 0.435 e. The fraction of sp³-hybridized carbons (Fsp3) is 0.684. The summed E-state index contributed by atoms with van der Waals surface area (Å²) >= 11 is 0. The first-order chi connectivity index (χ1) is 12.6. The average Bonchev–Trinajstić information content (AvgIpc) is 3.55. The van der Waals surface area contributed by atoms with Crippen LogP contribution in [-0.4, -0.2) is 44.1 Å². The van der Waals surface area contributed by atoms with E-state index in [1.807, 2.05) is 18.7 Å². The number of H-pyrrole nitrogens is 1. The molecule has 1 aliphatic heterocycles. The van der Waals surface area contributed by atoms with E-state index in [2.05, 4.69) is 15.2 Å². The number of aromatic nitrogens is 4. The van der Waals surface area contributed by atoms with Gasteiger partial charge in [-0.25, -0.2) is 9.97 Å². The van der Waals surface area contributed by atoms with Crippen molar-refractivity contribution in [1.29, 1.82) is 0 Å². The summed E-state index contributed by atoms with van der Waals surface area (Å²) in [4.78, 5) is 24.1. The van der Waals surface area contributed by atoms with Crippen LogP contribution in [0.1, 0.15) is 78.2 Å². The third-order valence-electron chi connectivity index (χ3n) is 6.03. The van der Waals surface area contributed by atoms with E-state index in [0.717, 1.165) is 18.2 Å². The number of nitrogens with zero attached hydrogens (tertiary/aromatic N) is 4. The second-order valence-corrected chi connectivity index (χ2v) is 8.05. The van der Waals surface area contributed by atoms with Gasteiger partial charge < -0.3 is 9.32 Å². The van der Waals surface area contributed by atoms with Gasteiger partial charge in [0.1, 0.15) is 5.82 Å². The zero-order valence-electron chi connectivity index (χ0n) is 15.4. The van der Waals surface area contributed by atoms with E-state index in [9.17, 15) is 4.79 Å². The molecule has 2 aromatic heterocycles. The van der Waals surface area contributed by atoms with E-state index < -0.39 is 0 Å². The van der Waals surface area contributed by atoms with Crippen LogP contribution in [0, 0.1) is 18.8 Å². The highest BCUT2D eigenvalue weighted by Gasteiger charge is 2.46. The molecule has 5 rings (SSSR count). The summed E-state index contributed by atoms with van der Waals surface area (Å²) in [6.45, 7) is 5.28. The second kappa shape index (κ2) is 5.93. The molecule has 2 saturated carbocycles. The summed E-state index contributed by atoms with van der Waals surface area (Å²) < 4.78 is 5.70. The van der Waals surface area contributed by atoms with E-state index in [-0.39, 0.29) is 11.8 Å². The van der Waals surface area contributed by atoms with Gasteiger partial charge in [0.25, 0.3) is 5.91 Å². The molecule has 2 aromatic rings. The third kappa shape index (κ3) is 2.73. The molecule has 2 aliphatic carbocycles. The number of hydrogen-bond acceptors (Lipinski definition) is 5. The Morgan fingerprint density at radius 1 is 1.23 bits per heavy atom. The predicted molar refractivity (Wildman–Crippen MR) is 93.8 cm³/mol. The molecule has 7 heteroatoms. The SMILES string of the molecule is CCc1nc(C)c(C(=O)N2C[C@H](c3nc(C4CC4)n[nH]3)[C@@H](C3CC3)C2)o1. The molecule has 2 atom stereocenters. The van der Waals surface area contributed by atoms with Gasteiger partial charge in [0.15, 0.2) is 11.7 Å². The van der Waals surface area contributed by atoms with Crippen LogP contribution in [-0.2, 0) is 6.42 Å². The highest BCUT2D eigenvalue weighted by molar-refractivity contribution is 5.92. The standard InChI is InChI=1S/C19H25N5O2/c1-3-15-20-10(2)16(26-15)19(25)24-8-13(11-4-5-11)14(9-24)18-21-17(22-23-18)12-6-7-12/h11-14H,3-9H2,1-2H3,(H,21,22,23)/t13-,14+/m1/s1. The monoisotopic (exact) mass is 355 g/mol. The molecule has 0 aromatic carbocycles. The van der Waals surface area contributed by atoms with Crippen molar-refractivity contribution in [3.63, 3.8) is 0 Å². The number of rotatable bonds is 5. The number of carbonyl (C=O) groups is 1. The van der Waals surface area contributed by atoms with Crippen LogP contribution >= 0.6 is 0 Å². The number of carbonyl (C=O) groups excluding carboxylic acids is 1. The normalized spacial score (nSPS) is 25.8. The fourth-order valence-corrected chi connectivity index (χ4v) is 4.21. The Labute approximate surface area is 152 Å². The summed E-state index contributed by atoms with van der Waals surface area (Å²) in [5.74, 6) is 4.87. The summed E-state index contributed by atoms with van der Waals surface area (Å²) in [5, 5.41) is 7.60. The Morgan fingerprint density at radius 2 is 2.04 bits per heavy atom. The van der Waals surface area contributed by atoms with Gasteiger partial charge in [-0.3, -0.25) is 9.89 Å². The van der Waals surface area contributed by atoms with Crippen molar-refractivity contribution in [2.75, 3.05) is 13.1 Å². The topological polar surface area (TPSA) is 87.9 Å². The minimum atomic E-state index is -0.0372. The van der Waals surface area contributed by atoms with Gasteiger partial charge in [-0.2, -0.15) is 5.10 Å². The second-order valence-electron chi connectivity index (χ2n) is 8.05. The zero-order valence-corrected chi connectivity index (χ0v) is 15.4. The first-order valence-corrected chi connectivity index (χ1v) is 9.81. The van der Waals surface area contributed by atoms with Crippen molar-refractivity contribution in [3.8, 4) is 0 Å². The number of likely N-dealkylation sites (tertiary alicyclic amines) is 1. The molecule has 1 amide bonds. The molecule has 3 fully saturated rings. The molecule has 0 unspecified atom stereocenters. The van der Waals surface area contributed by atoms with Crippen LogP contribution in [0.25, 0.3) is 0 Å². The minimum Gasteiger partial charge on any atom is -0.435 e. The van der Waals surface area contributed by atoms with E-state index in [1.54, 1.807) is 0 Å². The molecule has 0 radical (unpaired) electrons. The molecule has 0 spiro atoms. The van der Waals surface area contributed by atoms with Crippen LogP contribution in [0.3, 0.4) is 0 Å². The number of aryl methyl sites for hydroxylation is 2. The van der Waals surface area contributed by atoms with Crippen molar-refractivity contribution in [2.24, 2.45) is 11.8 Å². The van der Waals surface area contributed by atoms with Crippen molar-refractivity contribution in [3.05, 3.63) is 29.0 Å². The number of hydrogen-bond donors (Lipinski definition) is 1. The minimum absolute atomic E-state index is 0.0372. The quantitative estimate of drug-likeness (QED) is 0.891. The molecule has 1 saturated heterocycles. The lowest BCUT2D eigenvalue weighted by Gasteiger charge is -2.14. The first kappa shape index (κ1) is 16.0. The molecular weight excluding hydrogens is 330 g/mol. The maximum atomic E-state index is 13.0. The lowest BCUT2D eigenvalue weighted by molar-refractivity contribution is 0.0750. The Balaban J connectivity index is 1.38. The predicted octanol–water partition coefficient (Wildman–Crippen LogP) is 2.81. The van der Waals surface area contributed by atoms with Crippen molar-refractivity contribution < 1.29 is 9.21 Å².